The van der Waals surface area contributed by atoms with E-state index in [4.69, 9.17) is 16.5 Å². The van der Waals surface area contributed by atoms with Crippen LogP contribution in [0.4, 0.5) is 17.2 Å². The predicted octanol–water partition coefficient (Wildman–Crippen LogP) is 3.13. The summed E-state index contributed by atoms with van der Waals surface area (Å²) in [5.74, 6) is 0.353. The molecule has 0 spiro atoms. The Kier molecular flexibility index (Phi) is 7.10. The number of piperidine rings is 1. The molecule has 1 aliphatic heterocycles. The standard InChI is InChI=1S/C24H30N6O2S/c1-2-6-15-13-18(29-24-20(15)21(25)22(33-24)23(26)32)30-11-9-16(10-12-30)27-14-19(31)28-17-7-4-3-5-8-17/h3-5,7-8,13,16,27H,2,6,9-12,14,25H2,1H3,(H2,26,32)(H,28,31). The first-order valence-electron chi connectivity index (χ1n) is 11.3. The summed E-state index contributed by atoms with van der Waals surface area (Å²) in [6.45, 7) is 4.08. The molecule has 0 aliphatic carbocycles. The zero-order valence-corrected chi connectivity index (χ0v) is 19.6. The first-order valence-corrected chi connectivity index (χ1v) is 12.1. The number of pyridine rings is 1. The second-order valence-corrected chi connectivity index (χ2v) is 9.33. The number of amides is 2. The summed E-state index contributed by atoms with van der Waals surface area (Å²) in [5, 5.41) is 7.14. The molecule has 1 aliphatic rings. The molecule has 33 heavy (non-hydrogen) atoms. The molecule has 1 aromatic carbocycles. The van der Waals surface area contributed by atoms with Crippen molar-refractivity contribution < 1.29 is 9.59 Å². The normalized spacial score (nSPS) is 14.5. The van der Waals surface area contributed by atoms with E-state index >= 15 is 0 Å². The Morgan fingerprint density at radius 3 is 2.61 bits per heavy atom. The molecule has 8 nitrogen and oxygen atoms in total. The number of para-hydroxylation sites is 1. The molecule has 6 N–H and O–H groups in total. The molecule has 0 saturated carbocycles. The number of carbonyl (C=O) groups is 2. The van der Waals surface area contributed by atoms with Gasteiger partial charge in [-0.3, -0.25) is 9.59 Å². The molecule has 0 atom stereocenters. The maximum absolute atomic E-state index is 12.2. The monoisotopic (exact) mass is 466 g/mol. The number of fused-ring (bicyclic) bond motifs is 1. The van der Waals surface area contributed by atoms with Gasteiger partial charge in [-0.05, 0) is 43.0 Å². The number of hydrogen-bond acceptors (Lipinski definition) is 7. The summed E-state index contributed by atoms with van der Waals surface area (Å²) < 4.78 is 0. The van der Waals surface area contributed by atoms with Crippen LogP contribution < -0.4 is 27.0 Å². The number of primary amides is 1. The van der Waals surface area contributed by atoms with Crippen LogP contribution in [-0.4, -0.2) is 42.5 Å². The number of nitrogens with two attached hydrogens (primary N) is 2. The summed E-state index contributed by atoms with van der Waals surface area (Å²) in [7, 11) is 0. The number of nitrogens with zero attached hydrogens (tertiary/aromatic N) is 2. The van der Waals surface area contributed by atoms with Crippen LogP contribution in [0, 0.1) is 0 Å². The van der Waals surface area contributed by atoms with Crippen LogP contribution in [0.5, 0.6) is 0 Å². The van der Waals surface area contributed by atoms with Crippen LogP contribution >= 0.6 is 11.3 Å². The van der Waals surface area contributed by atoms with Gasteiger partial charge in [0, 0.05) is 30.2 Å². The average molecular weight is 467 g/mol. The molecule has 0 unspecified atom stereocenters. The SMILES string of the molecule is CCCc1cc(N2CCC(NCC(=O)Nc3ccccc3)CC2)nc2sc(C(N)=O)c(N)c12. The van der Waals surface area contributed by atoms with Gasteiger partial charge in [0.05, 0.1) is 12.2 Å². The third kappa shape index (κ3) is 5.26. The highest BCUT2D eigenvalue weighted by atomic mass is 32.1. The first kappa shape index (κ1) is 23.0. The van der Waals surface area contributed by atoms with E-state index in [9.17, 15) is 9.59 Å². The van der Waals surface area contributed by atoms with Crippen LogP contribution in [0.25, 0.3) is 10.2 Å². The lowest BCUT2D eigenvalue weighted by atomic mass is 10.0. The van der Waals surface area contributed by atoms with E-state index in [1.165, 1.54) is 11.3 Å². The number of hydrogen-bond donors (Lipinski definition) is 4. The second kappa shape index (κ2) is 10.2. The molecule has 0 bridgehead atoms. The summed E-state index contributed by atoms with van der Waals surface area (Å²) >= 11 is 1.27. The van der Waals surface area contributed by atoms with Crippen LogP contribution in [0.1, 0.15) is 41.4 Å². The van der Waals surface area contributed by atoms with Gasteiger partial charge >= 0.3 is 0 Å². The molecule has 0 radical (unpaired) electrons. The van der Waals surface area contributed by atoms with E-state index in [1.54, 1.807) is 0 Å². The fourth-order valence-electron chi connectivity index (χ4n) is 4.27. The molecule has 1 fully saturated rings. The van der Waals surface area contributed by atoms with Crippen LogP contribution in [0.3, 0.4) is 0 Å². The zero-order chi connectivity index (χ0) is 23.4. The number of rotatable bonds is 8. The average Bonchev–Trinajstić information content (AvgIpc) is 3.16. The van der Waals surface area contributed by atoms with E-state index in [1.807, 2.05) is 30.3 Å². The number of aromatic nitrogens is 1. The highest BCUT2D eigenvalue weighted by Crippen LogP contribution is 2.37. The van der Waals surface area contributed by atoms with Gasteiger partial charge in [0.25, 0.3) is 5.91 Å². The van der Waals surface area contributed by atoms with Crippen molar-refractivity contribution in [3.8, 4) is 0 Å². The summed E-state index contributed by atoms with van der Waals surface area (Å²) in [5.41, 5.74) is 14.1. The minimum absolute atomic E-state index is 0.0412. The summed E-state index contributed by atoms with van der Waals surface area (Å²) in [6, 6.07) is 11.8. The van der Waals surface area contributed by atoms with Crippen LogP contribution in [-0.2, 0) is 11.2 Å². The van der Waals surface area contributed by atoms with Crippen molar-refractivity contribution in [3.05, 3.63) is 46.8 Å². The Morgan fingerprint density at radius 2 is 1.94 bits per heavy atom. The lowest BCUT2D eigenvalue weighted by Gasteiger charge is -2.33. The Hall–Kier alpha value is -3.17. The largest absolute Gasteiger partial charge is 0.397 e. The van der Waals surface area contributed by atoms with Crippen molar-refractivity contribution in [1.82, 2.24) is 10.3 Å². The smallest absolute Gasteiger partial charge is 0.260 e. The van der Waals surface area contributed by atoms with E-state index in [2.05, 4.69) is 28.5 Å². The second-order valence-electron chi connectivity index (χ2n) is 8.34. The lowest BCUT2D eigenvalue weighted by Crippen LogP contribution is -2.45. The molecular formula is C24H30N6O2S. The molecule has 2 amide bonds. The van der Waals surface area contributed by atoms with E-state index in [0.717, 1.165) is 66.1 Å². The molecule has 9 heteroatoms. The van der Waals surface area contributed by atoms with Gasteiger partial charge in [-0.1, -0.05) is 31.5 Å². The molecule has 2 aromatic heterocycles. The van der Waals surface area contributed by atoms with Gasteiger partial charge in [0.1, 0.15) is 15.5 Å². The van der Waals surface area contributed by atoms with E-state index in [-0.39, 0.29) is 18.5 Å². The number of carbonyl (C=O) groups excluding carboxylic acids is 2. The quantitative estimate of drug-likeness (QED) is 0.404. The molecule has 3 aromatic rings. The van der Waals surface area contributed by atoms with Crippen molar-refractivity contribution in [3.63, 3.8) is 0 Å². The lowest BCUT2D eigenvalue weighted by molar-refractivity contribution is -0.115. The van der Waals surface area contributed by atoms with Gasteiger partial charge in [-0.15, -0.1) is 11.3 Å². The Bertz CT molecular complexity index is 1140. The maximum atomic E-state index is 12.2. The molecule has 4 rings (SSSR count). The van der Waals surface area contributed by atoms with Gasteiger partial charge in [-0.2, -0.15) is 0 Å². The van der Waals surface area contributed by atoms with Gasteiger partial charge < -0.3 is 27.0 Å². The first-order chi connectivity index (χ1) is 16.0. The van der Waals surface area contributed by atoms with Gasteiger partial charge in [0.15, 0.2) is 0 Å². The van der Waals surface area contributed by atoms with Crippen molar-refractivity contribution in [2.75, 3.05) is 35.6 Å². The van der Waals surface area contributed by atoms with Crippen molar-refractivity contribution in [2.45, 2.75) is 38.6 Å². The number of anilines is 3. The summed E-state index contributed by atoms with van der Waals surface area (Å²) in [6.07, 6.45) is 3.66. The predicted molar refractivity (Wildman–Crippen MR) is 135 cm³/mol. The topological polar surface area (TPSA) is 126 Å². The third-order valence-corrected chi connectivity index (χ3v) is 7.05. The van der Waals surface area contributed by atoms with Gasteiger partial charge in [-0.25, -0.2) is 4.98 Å². The number of thiophene rings is 1. The summed E-state index contributed by atoms with van der Waals surface area (Å²) in [4.78, 5) is 32.2. The molecule has 3 heterocycles. The maximum Gasteiger partial charge on any atom is 0.260 e. The number of aryl methyl sites for hydroxylation is 1. The van der Waals surface area contributed by atoms with E-state index < -0.39 is 5.91 Å². The van der Waals surface area contributed by atoms with Crippen LogP contribution in [0.15, 0.2) is 36.4 Å². The number of nitrogen functional groups attached to an aromatic ring is 1. The Labute approximate surface area is 197 Å². The fraction of sp³-hybridized carbons (Fsp3) is 0.375. The minimum atomic E-state index is -0.511. The highest BCUT2D eigenvalue weighted by Gasteiger charge is 2.24. The van der Waals surface area contributed by atoms with Crippen LogP contribution in [0.2, 0.25) is 0 Å². The van der Waals surface area contributed by atoms with Crippen molar-refractivity contribution in [1.29, 1.82) is 0 Å². The van der Waals surface area contributed by atoms with Crippen molar-refractivity contribution in [2.24, 2.45) is 5.73 Å². The molecule has 1 saturated heterocycles. The minimum Gasteiger partial charge on any atom is -0.397 e. The Balaban J connectivity index is 1.39. The van der Waals surface area contributed by atoms with Crippen molar-refractivity contribution >= 4 is 50.6 Å². The Morgan fingerprint density at radius 1 is 1.21 bits per heavy atom. The molecular weight excluding hydrogens is 436 g/mol. The van der Waals surface area contributed by atoms with Gasteiger partial charge in [0.2, 0.25) is 5.91 Å². The number of benzene rings is 1. The highest BCUT2D eigenvalue weighted by molar-refractivity contribution is 7.21. The fourth-order valence-corrected chi connectivity index (χ4v) is 5.26. The third-order valence-electron chi connectivity index (χ3n) is 5.94. The van der Waals surface area contributed by atoms with E-state index in [0.29, 0.717) is 10.6 Å². The molecule has 174 valence electrons. The zero-order valence-electron chi connectivity index (χ0n) is 18.8. The number of nitrogens with one attached hydrogen (secondary N) is 2.